The third-order valence-corrected chi connectivity index (χ3v) is 5.25. The lowest BCUT2D eigenvalue weighted by molar-refractivity contribution is 0.153. The van der Waals surface area contributed by atoms with Crippen LogP contribution in [-0.2, 0) is 4.74 Å². The highest BCUT2D eigenvalue weighted by Crippen LogP contribution is 2.30. The molecule has 1 aromatic rings. The molecule has 2 aliphatic rings. The first-order chi connectivity index (χ1) is 13.7. The van der Waals surface area contributed by atoms with Crippen LogP contribution in [-0.4, -0.2) is 66.1 Å². The molecular formula is C21H32N4O3. The highest BCUT2D eigenvalue weighted by Gasteiger charge is 2.24. The van der Waals surface area contributed by atoms with Crippen LogP contribution in [0.3, 0.4) is 0 Å². The van der Waals surface area contributed by atoms with Crippen LogP contribution < -0.4 is 25.0 Å². The van der Waals surface area contributed by atoms with Gasteiger partial charge in [0.2, 0.25) is 0 Å². The fraction of sp³-hybridized carbons (Fsp3) is 0.571. The molecule has 1 saturated heterocycles. The van der Waals surface area contributed by atoms with E-state index in [9.17, 15) is 0 Å². The Morgan fingerprint density at radius 2 is 2.04 bits per heavy atom. The molecule has 0 amide bonds. The van der Waals surface area contributed by atoms with Gasteiger partial charge in [-0.25, -0.2) is 0 Å². The van der Waals surface area contributed by atoms with Gasteiger partial charge in [-0.05, 0) is 19.3 Å². The standard InChI is InChI=1S/C21H32N4O3/c1-22-21(23-8-4-16-6-10-28-11-7-16)24-17-5-9-25(15-17)18-12-19(26-2)14-20(13-18)27-3/h6,12-14,17H,4-5,7-11,15H2,1-3H3,(H2,22,23,24). The molecule has 0 spiro atoms. The molecule has 1 atom stereocenters. The lowest BCUT2D eigenvalue weighted by atomic mass is 10.1. The van der Waals surface area contributed by atoms with Gasteiger partial charge >= 0.3 is 0 Å². The molecule has 28 heavy (non-hydrogen) atoms. The average molecular weight is 389 g/mol. The van der Waals surface area contributed by atoms with Gasteiger partial charge in [0.25, 0.3) is 0 Å². The minimum atomic E-state index is 0.352. The number of rotatable bonds is 7. The van der Waals surface area contributed by atoms with Crippen LogP contribution in [0.25, 0.3) is 0 Å². The number of ether oxygens (including phenoxy) is 3. The number of methoxy groups -OCH3 is 2. The Balaban J connectivity index is 1.49. The molecule has 2 aliphatic heterocycles. The first kappa shape index (κ1) is 20.3. The lowest BCUT2D eigenvalue weighted by Crippen LogP contribution is -2.45. The third kappa shape index (κ3) is 5.55. The summed E-state index contributed by atoms with van der Waals surface area (Å²) in [5, 5.41) is 6.98. The Hall–Kier alpha value is -2.41. The molecule has 2 heterocycles. The topological polar surface area (TPSA) is 67.4 Å². The molecule has 7 nitrogen and oxygen atoms in total. The molecule has 1 aromatic carbocycles. The first-order valence-corrected chi connectivity index (χ1v) is 9.92. The Morgan fingerprint density at radius 1 is 1.25 bits per heavy atom. The second kappa shape index (κ2) is 10.2. The summed E-state index contributed by atoms with van der Waals surface area (Å²) in [5.74, 6) is 2.49. The van der Waals surface area contributed by atoms with Gasteiger partial charge < -0.3 is 29.7 Å². The van der Waals surface area contributed by atoms with Gasteiger partial charge in [-0.1, -0.05) is 11.6 Å². The quantitative estimate of drug-likeness (QED) is 0.424. The maximum atomic E-state index is 5.40. The summed E-state index contributed by atoms with van der Waals surface area (Å²) >= 11 is 0. The predicted molar refractivity (Wildman–Crippen MR) is 113 cm³/mol. The molecule has 0 aliphatic carbocycles. The molecule has 1 fully saturated rings. The Labute approximate surface area is 167 Å². The number of benzene rings is 1. The SMILES string of the molecule is CN=C(NCCC1=CCOCC1)NC1CCN(c2cc(OC)cc(OC)c2)C1. The van der Waals surface area contributed by atoms with Crippen LogP contribution in [0.5, 0.6) is 11.5 Å². The summed E-state index contributed by atoms with van der Waals surface area (Å²) in [6, 6.07) is 6.36. The summed E-state index contributed by atoms with van der Waals surface area (Å²) in [5.41, 5.74) is 2.59. The van der Waals surface area contributed by atoms with Gasteiger partial charge in [0.1, 0.15) is 11.5 Å². The van der Waals surface area contributed by atoms with Crippen molar-refractivity contribution in [1.82, 2.24) is 10.6 Å². The minimum Gasteiger partial charge on any atom is -0.497 e. The maximum absolute atomic E-state index is 5.40. The second-order valence-corrected chi connectivity index (χ2v) is 7.08. The Kier molecular flexibility index (Phi) is 7.42. The maximum Gasteiger partial charge on any atom is 0.191 e. The third-order valence-electron chi connectivity index (χ3n) is 5.25. The number of nitrogens with zero attached hydrogens (tertiary/aromatic N) is 2. The molecule has 3 rings (SSSR count). The van der Waals surface area contributed by atoms with Crippen LogP contribution >= 0.6 is 0 Å². The minimum absolute atomic E-state index is 0.352. The summed E-state index contributed by atoms with van der Waals surface area (Å²) < 4.78 is 16.2. The number of aliphatic imine (C=N–C) groups is 1. The van der Waals surface area contributed by atoms with Crippen LogP contribution in [0.2, 0.25) is 0 Å². The number of nitrogens with one attached hydrogen (secondary N) is 2. The van der Waals surface area contributed by atoms with Crippen molar-refractivity contribution in [2.24, 2.45) is 4.99 Å². The Morgan fingerprint density at radius 3 is 2.68 bits per heavy atom. The van der Waals surface area contributed by atoms with E-state index in [-0.39, 0.29) is 0 Å². The fourth-order valence-electron chi connectivity index (χ4n) is 3.61. The molecule has 7 heteroatoms. The molecule has 0 saturated carbocycles. The van der Waals surface area contributed by atoms with Gasteiger partial charge in [-0.2, -0.15) is 0 Å². The van der Waals surface area contributed by atoms with Crippen LogP contribution in [0, 0.1) is 0 Å². The summed E-state index contributed by atoms with van der Waals surface area (Å²) in [6.45, 7) is 4.37. The molecule has 0 bridgehead atoms. The largest absolute Gasteiger partial charge is 0.497 e. The van der Waals surface area contributed by atoms with E-state index in [4.69, 9.17) is 14.2 Å². The van der Waals surface area contributed by atoms with Crippen LogP contribution in [0.1, 0.15) is 19.3 Å². The first-order valence-electron chi connectivity index (χ1n) is 9.92. The number of anilines is 1. The van der Waals surface area contributed by atoms with E-state index in [1.54, 1.807) is 14.2 Å². The Bertz CT molecular complexity index is 683. The zero-order valence-corrected chi connectivity index (χ0v) is 17.2. The molecular weight excluding hydrogens is 356 g/mol. The highest BCUT2D eigenvalue weighted by atomic mass is 16.5. The summed E-state index contributed by atoms with van der Waals surface area (Å²) in [7, 11) is 5.18. The molecule has 2 N–H and O–H groups in total. The van der Waals surface area contributed by atoms with E-state index >= 15 is 0 Å². The van der Waals surface area contributed by atoms with E-state index < -0.39 is 0 Å². The molecule has 0 radical (unpaired) electrons. The van der Waals surface area contributed by atoms with E-state index in [0.29, 0.717) is 6.04 Å². The van der Waals surface area contributed by atoms with E-state index in [2.05, 4.69) is 38.7 Å². The van der Waals surface area contributed by atoms with Crippen molar-refractivity contribution >= 4 is 11.6 Å². The second-order valence-electron chi connectivity index (χ2n) is 7.08. The molecule has 0 aromatic heterocycles. The monoisotopic (exact) mass is 388 g/mol. The average Bonchev–Trinajstić information content (AvgIpc) is 3.22. The fourth-order valence-corrected chi connectivity index (χ4v) is 3.61. The van der Waals surface area contributed by atoms with Crippen molar-refractivity contribution in [2.75, 3.05) is 59.0 Å². The van der Waals surface area contributed by atoms with Gasteiger partial charge in [0, 0.05) is 56.6 Å². The normalized spacial score (nSPS) is 20.0. The number of guanidine groups is 1. The van der Waals surface area contributed by atoms with Gasteiger partial charge in [-0.15, -0.1) is 0 Å². The highest BCUT2D eigenvalue weighted by molar-refractivity contribution is 5.80. The molecule has 1 unspecified atom stereocenters. The van der Waals surface area contributed by atoms with Crippen LogP contribution in [0.4, 0.5) is 5.69 Å². The van der Waals surface area contributed by atoms with Gasteiger partial charge in [0.05, 0.1) is 27.4 Å². The van der Waals surface area contributed by atoms with E-state index in [0.717, 1.165) is 75.3 Å². The van der Waals surface area contributed by atoms with E-state index in [1.165, 1.54) is 5.57 Å². The zero-order chi connectivity index (χ0) is 19.8. The van der Waals surface area contributed by atoms with Crippen molar-refractivity contribution < 1.29 is 14.2 Å². The lowest BCUT2D eigenvalue weighted by Gasteiger charge is -2.22. The molecule has 154 valence electrons. The van der Waals surface area contributed by atoms with Gasteiger partial charge in [0.15, 0.2) is 5.96 Å². The number of hydrogen-bond donors (Lipinski definition) is 2. The smallest absolute Gasteiger partial charge is 0.191 e. The van der Waals surface area contributed by atoms with Crippen molar-refractivity contribution in [1.29, 1.82) is 0 Å². The predicted octanol–water partition coefficient (Wildman–Crippen LogP) is 2.18. The van der Waals surface area contributed by atoms with Crippen molar-refractivity contribution in [3.63, 3.8) is 0 Å². The van der Waals surface area contributed by atoms with Crippen molar-refractivity contribution in [3.05, 3.63) is 29.8 Å². The van der Waals surface area contributed by atoms with Gasteiger partial charge in [-0.3, -0.25) is 4.99 Å². The summed E-state index contributed by atoms with van der Waals surface area (Å²) in [6.07, 6.45) is 5.32. The van der Waals surface area contributed by atoms with Crippen molar-refractivity contribution in [2.45, 2.75) is 25.3 Å². The zero-order valence-electron chi connectivity index (χ0n) is 17.2. The van der Waals surface area contributed by atoms with Crippen LogP contribution in [0.15, 0.2) is 34.8 Å². The van der Waals surface area contributed by atoms with E-state index in [1.807, 2.05) is 13.1 Å². The summed E-state index contributed by atoms with van der Waals surface area (Å²) in [4.78, 5) is 6.73. The number of hydrogen-bond acceptors (Lipinski definition) is 5. The van der Waals surface area contributed by atoms with Crippen molar-refractivity contribution in [3.8, 4) is 11.5 Å².